The van der Waals surface area contributed by atoms with Crippen molar-refractivity contribution in [2.45, 2.75) is 0 Å². The number of hydrogen-bond acceptors (Lipinski definition) is 2. The summed E-state index contributed by atoms with van der Waals surface area (Å²) in [5.74, 6) is 0. The quantitative estimate of drug-likeness (QED) is 0.171. The Labute approximate surface area is 315 Å². The summed E-state index contributed by atoms with van der Waals surface area (Å²) in [5, 5.41) is 10.4. The topological polar surface area (TPSA) is 31.2 Å². The van der Waals surface area contributed by atoms with Gasteiger partial charge in [0.05, 0.1) is 22.7 Å². The molecule has 3 heterocycles. The second kappa shape index (κ2) is 11.6. The van der Waals surface area contributed by atoms with Crippen molar-refractivity contribution in [3.05, 3.63) is 188 Å². The molecule has 3 heteroatoms. The fourth-order valence-corrected chi connectivity index (χ4v) is 9.16. The zero-order valence-electron chi connectivity index (χ0n) is 29.7. The van der Waals surface area contributed by atoms with E-state index in [1.54, 1.807) is 0 Å². The van der Waals surface area contributed by atoms with Crippen molar-refractivity contribution in [1.29, 1.82) is 0 Å². The van der Waals surface area contributed by atoms with Crippen molar-refractivity contribution in [1.82, 2.24) is 4.57 Å². The number of aromatic nitrogens is 1. The molecule has 0 bridgehead atoms. The van der Waals surface area contributed by atoms with Crippen LogP contribution in [0, 0.1) is 0 Å². The molecule has 9 aromatic carbocycles. The Bertz CT molecular complexity index is 3420. The number of fused-ring (bicyclic) bond motifs is 10. The Kier molecular flexibility index (Phi) is 6.34. The van der Waals surface area contributed by atoms with Crippen LogP contribution in [0.4, 0.5) is 0 Å². The molecule has 0 spiro atoms. The summed E-state index contributed by atoms with van der Waals surface area (Å²) in [6.45, 7) is 0. The average Bonchev–Trinajstić information content (AvgIpc) is 3.95. The van der Waals surface area contributed by atoms with Crippen LogP contribution in [-0.2, 0) is 0 Å². The number of furan rings is 2. The highest BCUT2D eigenvalue weighted by molar-refractivity contribution is 6.28. The molecule has 0 radical (unpaired) electrons. The molecule has 0 fully saturated rings. The Hall–Kier alpha value is -7.36. The van der Waals surface area contributed by atoms with Gasteiger partial charge in [-0.3, -0.25) is 0 Å². The minimum absolute atomic E-state index is 0.816. The lowest BCUT2D eigenvalue weighted by Crippen LogP contribution is -1.94. The number of benzene rings is 9. The molecule has 0 saturated carbocycles. The summed E-state index contributed by atoms with van der Waals surface area (Å²) in [5.41, 5.74) is 13.0. The molecule has 12 aromatic rings. The van der Waals surface area contributed by atoms with Gasteiger partial charge in [0.1, 0.15) is 16.7 Å². The second-order valence-corrected chi connectivity index (χ2v) is 14.4. The third kappa shape index (κ3) is 4.32. The lowest BCUT2D eigenvalue weighted by atomic mass is 9.84. The van der Waals surface area contributed by atoms with Crippen LogP contribution in [0.5, 0.6) is 0 Å². The van der Waals surface area contributed by atoms with Crippen molar-refractivity contribution in [2.24, 2.45) is 0 Å². The first-order valence-corrected chi connectivity index (χ1v) is 18.8. The highest BCUT2D eigenvalue weighted by Gasteiger charge is 2.23. The molecule has 12 rings (SSSR count). The first kappa shape index (κ1) is 30.1. The fraction of sp³-hybridized carbons (Fsp3) is 0. The Morgan fingerprint density at radius 3 is 1.71 bits per heavy atom. The van der Waals surface area contributed by atoms with E-state index >= 15 is 0 Å². The second-order valence-electron chi connectivity index (χ2n) is 14.4. The van der Waals surface area contributed by atoms with Gasteiger partial charge >= 0.3 is 0 Å². The van der Waals surface area contributed by atoms with Gasteiger partial charge in [0.2, 0.25) is 0 Å². The highest BCUT2D eigenvalue weighted by atomic mass is 16.3. The first-order chi connectivity index (χ1) is 27.3. The van der Waals surface area contributed by atoms with Crippen molar-refractivity contribution in [3.63, 3.8) is 0 Å². The molecule has 0 atom stereocenters. The number of para-hydroxylation sites is 2. The third-order valence-electron chi connectivity index (χ3n) is 11.5. The smallest absolute Gasteiger partial charge is 0.146 e. The number of hydrogen-bond donors (Lipinski definition) is 0. The lowest BCUT2D eigenvalue weighted by molar-refractivity contribution is 0.619. The molecule has 0 saturated heterocycles. The molecule has 0 aliphatic carbocycles. The zero-order valence-corrected chi connectivity index (χ0v) is 29.7. The van der Waals surface area contributed by atoms with Crippen LogP contribution in [0.1, 0.15) is 0 Å². The summed E-state index contributed by atoms with van der Waals surface area (Å²) in [6.07, 6.45) is 1.88. The average molecular weight is 702 g/mol. The summed E-state index contributed by atoms with van der Waals surface area (Å²) < 4.78 is 15.5. The zero-order chi connectivity index (χ0) is 36.0. The molecule has 0 aliphatic heterocycles. The number of rotatable bonds is 4. The molecule has 3 aromatic heterocycles. The monoisotopic (exact) mass is 701 g/mol. The van der Waals surface area contributed by atoms with Crippen LogP contribution in [0.15, 0.2) is 197 Å². The van der Waals surface area contributed by atoms with Gasteiger partial charge in [-0.05, 0) is 91.8 Å². The predicted octanol–water partition coefficient (Wildman–Crippen LogP) is 14.7. The van der Waals surface area contributed by atoms with E-state index in [-0.39, 0.29) is 0 Å². The van der Waals surface area contributed by atoms with Crippen LogP contribution >= 0.6 is 0 Å². The third-order valence-corrected chi connectivity index (χ3v) is 11.5. The van der Waals surface area contributed by atoms with Gasteiger partial charge in [-0.2, -0.15) is 0 Å². The first-order valence-electron chi connectivity index (χ1n) is 18.8. The van der Waals surface area contributed by atoms with E-state index in [0.29, 0.717) is 0 Å². The van der Waals surface area contributed by atoms with E-state index in [1.165, 1.54) is 60.0 Å². The SMILES string of the molecule is c1ccc(-c2coc3c2ccc2oc4cccc(-c5c6ccccc6c(-c6ccc7c8ccccc8n(-c8ccccc8)c7c6)c6ccccc56)c4c23)cc1. The summed E-state index contributed by atoms with van der Waals surface area (Å²) in [4.78, 5) is 0. The molecule has 0 N–H and O–H groups in total. The van der Waals surface area contributed by atoms with E-state index in [2.05, 4.69) is 180 Å². The maximum atomic E-state index is 6.61. The molecular formula is C52H31NO2. The van der Waals surface area contributed by atoms with Crippen molar-refractivity contribution >= 4 is 76.3 Å². The minimum Gasteiger partial charge on any atom is -0.463 e. The maximum absolute atomic E-state index is 6.61. The Balaban J connectivity index is 1.16. The lowest BCUT2D eigenvalue weighted by Gasteiger charge is -2.18. The highest BCUT2D eigenvalue weighted by Crippen LogP contribution is 2.49. The van der Waals surface area contributed by atoms with Gasteiger partial charge < -0.3 is 13.4 Å². The standard InChI is InChI=1S/C52H31NO2/c1-3-14-32(15-4-1)43-31-54-52-41(43)28-29-47-51(52)50-42(23-13-25-46(50)55-47)49-39-21-9-7-19-37(39)48(38-20-8-10-22-40(38)49)33-26-27-36-35-18-11-12-24-44(35)53(45(36)30-33)34-16-5-2-6-17-34/h1-31H. The van der Waals surface area contributed by atoms with Gasteiger partial charge in [0.15, 0.2) is 0 Å². The molecule has 0 unspecified atom stereocenters. The van der Waals surface area contributed by atoms with Crippen molar-refractivity contribution < 1.29 is 8.83 Å². The van der Waals surface area contributed by atoms with Crippen LogP contribution < -0.4 is 0 Å². The van der Waals surface area contributed by atoms with E-state index in [0.717, 1.165) is 55.3 Å². The molecule has 3 nitrogen and oxygen atoms in total. The van der Waals surface area contributed by atoms with Gasteiger partial charge in [0.25, 0.3) is 0 Å². The van der Waals surface area contributed by atoms with E-state index in [4.69, 9.17) is 8.83 Å². The fourth-order valence-electron chi connectivity index (χ4n) is 9.16. The summed E-state index contributed by atoms with van der Waals surface area (Å²) >= 11 is 0. The van der Waals surface area contributed by atoms with E-state index < -0.39 is 0 Å². The number of nitrogens with zero attached hydrogens (tertiary/aromatic N) is 1. The molecular weight excluding hydrogens is 671 g/mol. The molecule has 0 amide bonds. The Morgan fingerprint density at radius 1 is 0.364 bits per heavy atom. The largest absolute Gasteiger partial charge is 0.463 e. The molecule has 0 aliphatic rings. The summed E-state index contributed by atoms with van der Waals surface area (Å²) in [7, 11) is 0. The van der Waals surface area contributed by atoms with Crippen molar-refractivity contribution in [2.75, 3.05) is 0 Å². The van der Waals surface area contributed by atoms with Crippen LogP contribution in [-0.4, -0.2) is 4.57 Å². The minimum atomic E-state index is 0.816. The predicted molar refractivity (Wildman–Crippen MR) is 229 cm³/mol. The Morgan fingerprint density at radius 2 is 0.964 bits per heavy atom. The summed E-state index contributed by atoms with van der Waals surface area (Å²) in [6, 6.07) is 65.2. The molecule has 256 valence electrons. The van der Waals surface area contributed by atoms with E-state index in [9.17, 15) is 0 Å². The maximum Gasteiger partial charge on any atom is 0.146 e. The van der Waals surface area contributed by atoms with Crippen LogP contribution in [0.3, 0.4) is 0 Å². The normalized spacial score (nSPS) is 12.0. The molecule has 55 heavy (non-hydrogen) atoms. The van der Waals surface area contributed by atoms with Crippen LogP contribution in [0.2, 0.25) is 0 Å². The van der Waals surface area contributed by atoms with E-state index in [1.807, 2.05) is 12.3 Å². The van der Waals surface area contributed by atoms with Crippen molar-refractivity contribution in [3.8, 4) is 39.1 Å². The van der Waals surface area contributed by atoms with Gasteiger partial charge in [-0.25, -0.2) is 0 Å². The van der Waals surface area contributed by atoms with Gasteiger partial charge in [-0.15, -0.1) is 0 Å². The van der Waals surface area contributed by atoms with Gasteiger partial charge in [0, 0.05) is 32.8 Å². The van der Waals surface area contributed by atoms with Gasteiger partial charge in [-0.1, -0.05) is 140 Å². The van der Waals surface area contributed by atoms with Crippen LogP contribution in [0.25, 0.3) is 115 Å².